The highest BCUT2D eigenvalue weighted by atomic mass is 16.5. The Morgan fingerprint density at radius 3 is 2.67 bits per heavy atom. The molecule has 27 heavy (non-hydrogen) atoms. The van der Waals surface area contributed by atoms with Gasteiger partial charge in [-0.3, -0.25) is 0 Å². The number of morpholine rings is 1. The second-order valence-electron chi connectivity index (χ2n) is 6.40. The van der Waals surface area contributed by atoms with Crippen molar-refractivity contribution in [3.63, 3.8) is 0 Å². The molecule has 0 bridgehead atoms. The number of aromatic nitrogens is 2. The van der Waals surface area contributed by atoms with E-state index in [0.717, 1.165) is 34.4 Å². The molecule has 1 saturated heterocycles. The average Bonchev–Trinajstić information content (AvgIpc) is 2.72. The fourth-order valence-electron chi connectivity index (χ4n) is 3.33. The zero-order valence-corrected chi connectivity index (χ0v) is 15.4. The lowest BCUT2D eigenvalue weighted by Gasteiger charge is -2.34. The van der Waals surface area contributed by atoms with Gasteiger partial charge in [0.15, 0.2) is 0 Å². The first kappa shape index (κ1) is 17.4. The molecule has 4 rings (SSSR count). The van der Waals surface area contributed by atoms with Crippen LogP contribution in [0.4, 0.5) is 11.8 Å². The number of benzene rings is 2. The van der Waals surface area contributed by atoms with Crippen LogP contribution in [0.15, 0.2) is 42.5 Å². The first-order valence-corrected chi connectivity index (χ1v) is 8.79. The van der Waals surface area contributed by atoms with E-state index < -0.39 is 0 Å². The number of methoxy groups -OCH3 is 2. The fraction of sp³-hybridized carbons (Fsp3) is 0.300. The van der Waals surface area contributed by atoms with Gasteiger partial charge in [-0.1, -0.05) is 18.2 Å². The smallest absolute Gasteiger partial charge is 0.225 e. The maximum Gasteiger partial charge on any atom is 0.225 e. The molecule has 2 heterocycles. The molecule has 0 spiro atoms. The Morgan fingerprint density at radius 1 is 1.04 bits per heavy atom. The number of hydrogen-bond donors (Lipinski definition) is 1. The molecule has 0 unspecified atom stereocenters. The summed E-state index contributed by atoms with van der Waals surface area (Å²) in [5, 5.41) is 2.29. The molecular formula is C20H22N4O3. The molecule has 1 aromatic heterocycles. The van der Waals surface area contributed by atoms with Crippen LogP contribution >= 0.6 is 0 Å². The van der Waals surface area contributed by atoms with E-state index in [4.69, 9.17) is 19.9 Å². The summed E-state index contributed by atoms with van der Waals surface area (Å²) < 4.78 is 16.5. The van der Waals surface area contributed by atoms with Crippen molar-refractivity contribution >= 4 is 22.5 Å². The third-order valence-corrected chi connectivity index (χ3v) is 4.75. The van der Waals surface area contributed by atoms with Crippen molar-refractivity contribution in [3.05, 3.63) is 48.0 Å². The van der Waals surface area contributed by atoms with Crippen LogP contribution in [0.2, 0.25) is 0 Å². The van der Waals surface area contributed by atoms with Crippen LogP contribution < -0.4 is 20.1 Å². The first-order valence-electron chi connectivity index (χ1n) is 8.79. The van der Waals surface area contributed by atoms with Crippen molar-refractivity contribution in [2.24, 2.45) is 0 Å². The molecule has 2 N–H and O–H groups in total. The molecule has 0 saturated carbocycles. The highest BCUT2D eigenvalue weighted by Gasteiger charge is 2.24. The maximum absolute atomic E-state index is 6.02. The Balaban J connectivity index is 1.59. The molecule has 140 valence electrons. The van der Waals surface area contributed by atoms with Gasteiger partial charge in [0.05, 0.1) is 20.8 Å². The summed E-state index contributed by atoms with van der Waals surface area (Å²) in [4.78, 5) is 10.5. The quantitative estimate of drug-likeness (QED) is 0.760. The largest absolute Gasteiger partial charge is 0.497 e. The predicted molar refractivity (Wildman–Crippen MR) is 104 cm³/mol. The van der Waals surface area contributed by atoms with Crippen LogP contribution in [-0.2, 0) is 4.74 Å². The summed E-state index contributed by atoms with van der Waals surface area (Å²) in [5.74, 6) is 2.26. The van der Waals surface area contributed by atoms with Crippen molar-refractivity contribution in [3.8, 4) is 11.6 Å². The van der Waals surface area contributed by atoms with Gasteiger partial charge in [0.2, 0.25) is 11.8 Å². The van der Waals surface area contributed by atoms with Gasteiger partial charge in [-0.05, 0) is 34.5 Å². The molecule has 1 aliphatic rings. The third kappa shape index (κ3) is 3.59. The molecular weight excluding hydrogens is 344 g/mol. The lowest BCUT2D eigenvalue weighted by molar-refractivity contribution is 0.0396. The Bertz CT molecular complexity index is 963. The van der Waals surface area contributed by atoms with E-state index in [1.54, 1.807) is 20.3 Å². The zero-order valence-electron chi connectivity index (χ0n) is 15.4. The second-order valence-corrected chi connectivity index (χ2v) is 6.40. The van der Waals surface area contributed by atoms with Crippen molar-refractivity contribution < 1.29 is 14.2 Å². The highest BCUT2D eigenvalue weighted by Crippen LogP contribution is 2.30. The molecule has 1 fully saturated rings. The van der Waals surface area contributed by atoms with Crippen molar-refractivity contribution in [2.45, 2.75) is 6.10 Å². The van der Waals surface area contributed by atoms with Gasteiger partial charge in [0.25, 0.3) is 0 Å². The van der Waals surface area contributed by atoms with Crippen molar-refractivity contribution in [1.29, 1.82) is 0 Å². The number of fused-ring (bicyclic) bond motifs is 1. The summed E-state index contributed by atoms with van der Waals surface area (Å²) in [5.41, 5.74) is 6.93. The van der Waals surface area contributed by atoms with Gasteiger partial charge in [-0.25, -0.2) is 0 Å². The summed E-state index contributed by atoms with van der Waals surface area (Å²) in [6.07, 6.45) is -0.0487. The number of rotatable bonds is 4. The summed E-state index contributed by atoms with van der Waals surface area (Å²) in [6, 6.07) is 14.2. The summed E-state index contributed by atoms with van der Waals surface area (Å²) in [7, 11) is 3.24. The van der Waals surface area contributed by atoms with Crippen LogP contribution in [-0.4, -0.2) is 43.9 Å². The lowest BCUT2D eigenvalue weighted by Crippen LogP contribution is -2.39. The van der Waals surface area contributed by atoms with Crippen LogP contribution in [0.1, 0.15) is 11.7 Å². The minimum Gasteiger partial charge on any atom is -0.497 e. The molecule has 7 heteroatoms. The minimum absolute atomic E-state index is 0.0487. The number of nitrogen functional groups attached to an aromatic ring is 1. The first-order chi connectivity index (χ1) is 13.2. The van der Waals surface area contributed by atoms with Crippen LogP contribution in [0.5, 0.6) is 11.6 Å². The second kappa shape index (κ2) is 7.28. The van der Waals surface area contributed by atoms with Crippen molar-refractivity contribution in [2.75, 3.05) is 44.5 Å². The molecule has 7 nitrogen and oxygen atoms in total. The van der Waals surface area contributed by atoms with Gasteiger partial charge in [-0.2, -0.15) is 9.97 Å². The minimum atomic E-state index is -0.0487. The average molecular weight is 366 g/mol. The maximum atomic E-state index is 6.02. The monoisotopic (exact) mass is 366 g/mol. The molecule has 3 aromatic rings. The van der Waals surface area contributed by atoms with Crippen molar-refractivity contribution in [1.82, 2.24) is 9.97 Å². The Morgan fingerprint density at radius 2 is 1.85 bits per heavy atom. The van der Waals surface area contributed by atoms with E-state index in [2.05, 4.69) is 39.1 Å². The standard InChI is InChI=1S/C20H22N4O3/c1-25-16-6-5-13-9-15(4-3-14(13)10-16)17-12-24(7-8-27-17)18-11-19(26-2)23-20(21)22-18/h3-6,9-11,17H,7-8,12H2,1-2H3,(H2,21,22,23)/t17-/m0/s1. The van der Waals surface area contributed by atoms with E-state index >= 15 is 0 Å². The van der Waals surface area contributed by atoms with Gasteiger partial charge in [0, 0.05) is 19.2 Å². The zero-order chi connectivity index (χ0) is 18.8. The van der Waals surface area contributed by atoms with Crippen LogP contribution in [0.25, 0.3) is 10.8 Å². The van der Waals surface area contributed by atoms with E-state index in [-0.39, 0.29) is 12.1 Å². The van der Waals surface area contributed by atoms with E-state index in [1.165, 1.54) is 0 Å². The summed E-state index contributed by atoms with van der Waals surface area (Å²) in [6.45, 7) is 2.03. The normalized spacial score (nSPS) is 17.1. The van der Waals surface area contributed by atoms with Gasteiger partial charge in [0.1, 0.15) is 17.7 Å². The van der Waals surface area contributed by atoms with Gasteiger partial charge < -0.3 is 24.8 Å². The number of ether oxygens (including phenoxy) is 3. The van der Waals surface area contributed by atoms with Gasteiger partial charge in [-0.15, -0.1) is 0 Å². The number of nitrogens with two attached hydrogens (primary N) is 1. The Hall–Kier alpha value is -3.06. The fourth-order valence-corrected chi connectivity index (χ4v) is 3.33. The molecule has 2 aromatic carbocycles. The predicted octanol–water partition coefficient (Wildman–Crippen LogP) is 2.81. The van der Waals surface area contributed by atoms with E-state index in [9.17, 15) is 0 Å². The third-order valence-electron chi connectivity index (χ3n) is 4.75. The number of hydrogen-bond acceptors (Lipinski definition) is 7. The number of anilines is 2. The molecule has 1 aliphatic heterocycles. The van der Waals surface area contributed by atoms with Crippen LogP contribution in [0, 0.1) is 0 Å². The number of nitrogens with zero attached hydrogens (tertiary/aromatic N) is 3. The molecule has 1 atom stereocenters. The molecule has 0 aliphatic carbocycles. The molecule has 0 radical (unpaired) electrons. The molecule has 0 amide bonds. The van der Waals surface area contributed by atoms with E-state index in [1.807, 2.05) is 12.1 Å². The Labute approximate surface area is 157 Å². The topological polar surface area (TPSA) is 82.7 Å². The van der Waals surface area contributed by atoms with E-state index in [0.29, 0.717) is 19.0 Å². The summed E-state index contributed by atoms with van der Waals surface area (Å²) >= 11 is 0. The lowest BCUT2D eigenvalue weighted by atomic mass is 10.0. The SMILES string of the molecule is COc1ccc2cc([C@@H]3CN(c4cc(OC)nc(N)n4)CCO3)ccc2c1. The highest BCUT2D eigenvalue weighted by molar-refractivity contribution is 5.84. The van der Waals surface area contributed by atoms with Gasteiger partial charge >= 0.3 is 0 Å². The van der Waals surface area contributed by atoms with Crippen LogP contribution in [0.3, 0.4) is 0 Å². The Kier molecular flexibility index (Phi) is 4.68.